The summed E-state index contributed by atoms with van der Waals surface area (Å²) in [6.45, 7) is 3.08. The number of rotatable bonds is 4. The first-order valence-corrected chi connectivity index (χ1v) is 11.1. The number of sulfone groups is 1. The Morgan fingerprint density at radius 2 is 1.76 bits per heavy atom. The van der Waals surface area contributed by atoms with E-state index in [0.29, 0.717) is 17.8 Å². The number of hydrogen-bond acceptors (Lipinski definition) is 5. The summed E-state index contributed by atoms with van der Waals surface area (Å²) >= 11 is 0. The molecule has 134 valence electrons. The number of nitrogens with zero attached hydrogens (tertiary/aromatic N) is 1. The van der Waals surface area contributed by atoms with E-state index in [-0.39, 0.29) is 9.79 Å². The van der Waals surface area contributed by atoms with Gasteiger partial charge in [0.05, 0.1) is 15.5 Å². The van der Waals surface area contributed by atoms with Gasteiger partial charge in [0.2, 0.25) is 0 Å². The number of benzene rings is 2. The molecule has 1 N–H and O–H groups in total. The van der Waals surface area contributed by atoms with Crippen molar-refractivity contribution < 1.29 is 16.8 Å². The zero-order chi connectivity index (χ0) is 18.4. The van der Waals surface area contributed by atoms with Gasteiger partial charge in [0.15, 0.2) is 9.84 Å². The lowest BCUT2D eigenvalue weighted by atomic mass is 10.1. The predicted octanol–water partition coefficient (Wildman–Crippen LogP) is 2.14. The third-order valence-electron chi connectivity index (χ3n) is 4.26. The molecule has 0 aromatic heterocycles. The molecule has 3 rings (SSSR count). The summed E-state index contributed by atoms with van der Waals surface area (Å²) in [5, 5.41) is 0. The van der Waals surface area contributed by atoms with Gasteiger partial charge >= 0.3 is 0 Å². The molecule has 0 spiro atoms. The predicted molar refractivity (Wildman–Crippen MR) is 96.7 cm³/mol. The van der Waals surface area contributed by atoms with Crippen LogP contribution in [0.4, 0.5) is 5.69 Å². The molecule has 0 aliphatic carbocycles. The topological polar surface area (TPSA) is 83.5 Å². The van der Waals surface area contributed by atoms with E-state index in [4.69, 9.17) is 0 Å². The highest BCUT2D eigenvalue weighted by molar-refractivity contribution is 7.93. The third kappa shape index (κ3) is 3.56. The van der Waals surface area contributed by atoms with Gasteiger partial charge in [0.1, 0.15) is 0 Å². The second-order valence-electron chi connectivity index (χ2n) is 6.42. The zero-order valence-electron chi connectivity index (χ0n) is 14.3. The SMILES string of the molecule is Cc1ccc(S(C)(=O)=O)cc1S(=O)(=O)Nc1cccc2c1CN(C)C2. The van der Waals surface area contributed by atoms with Crippen LogP contribution in [0.1, 0.15) is 16.7 Å². The number of sulfonamides is 1. The summed E-state index contributed by atoms with van der Waals surface area (Å²) in [5.74, 6) is 0. The monoisotopic (exact) mass is 380 g/mol. The standard InChI is InChI=1S/C17H20N2O4S2/c1-12-7-8-14(24(3,20)21)9-17(12)25(22,23)18-16-6-4-5-13-10-19(2)11-15(13)16/h4-9,18H,10-11H2,1-3H3. The maximum Gasteiger partial charge on any atom is 0.262 e. The van der Waals surface area contributed by atoms with Crippen molar-refractivity contribution in [2.24, 2.45) is 0 Å². The minimum Gasteiger partial charge on any atom is -0.298 e. The van der Waals surface area contributed by atoms with Gasteiger partial charge in [-0.15, -0.1) is 0 Å². The van der Waals surface area contributed by atoms with E-state index in [1.54, 1.807) is 13.0 Å². The lowest BCUT2D eigenvalue weighted by Gasteiger charge is -2.14. The summed E-state index contributed by atoms with van der Waals surface area (Å²) in [7, 11) is -5.42. The molecule has 0 radical (unpaired) electrons. The normalized spacial score (nSPS) is 15.2. The number of aryl methyl sites for hydroxylation is 1. The molecule has 0 unspecified atom stereocenters. The Morgan fingerprint density at radius 3 is 2.44 bits per heavy atom. The van der Waals surface area contributed by atoms with E-state index in [0.717, 1.165) is 23.9 Å². The third-order valence-corrected chi connectivity index (χ3v) is 6.88. The Hall–Kier alpha value is -1.90. The molecular formula is C17H20N2O4S2. The molecule has 0 bridgehead atoms. The molecule has 0 saturated carbocycles. The number of fused-ring (bicyclic) bond motifs is 1. The molecule has 0 fully saturated rings. The van der Waals surface area contributed by atoms with Gasteiger partial charge in [0, 0.05) is 19.3 Å². The summed E-state index contributed by atoms with van der Waals surface area (Å²) in [4.78, 5) is 2.05. The van der Waals surface area contributed by atoms with Crippen LogP contribution in [-0.2, 0) is 33.0 Å². The van der Waals surface area contributed by atoms with Gasteiger partial charge in [-0.1, -0.05) is 18.2 Å². The highest BCUT2D eigenvalue weighted by Gasteiger charge is 2.24. The van der Waals surface area contributed by atoms with Gasteiger partial charge in [-0.05, 0) is 48.9 Å². The number of nitrogens with one attached hydrogen (secondary N) is 1. The first-order chi connectivity index (χ1) is 11.6. The van der Waals surface area contributed by atoms with Gasteiger partial charge in [0.25, 0.3) is 10.0 Å². The van der Waals surface area contributed by atoms with Crippen LogP contribution < -0.4 is 4.72 Å². The lowest BCUT2D eigenvalue weighted by Crippen LogP contribution is -2.16. The zero-order valence-corrected chi connectivity index (χ0v) is 15.9. The fraction of sp³-hybridized carbons (Fsp3) is 0.294. The minimum absolute atomic E-state index is 0.0171. The minimum atomic E-state index is -3.90. The van der Waals surface area contributed by atoms with E-state index in [1.807, 2.05) is 19.2 Å². The second kappa shape index (κ2) is 6.12. The fourth-order valence-electron chi connectivity index (χ4n) is 2.98. The molecule has 0 saturated heterocycles. The molecule has 6 nitrogen and oxygen atoms in total. The van der Waals surface area contributed by atoms with Gasteiger partial charge < -0.3 is 0 Å². The molecule has 1 aliphatic rings. The number of hydrogen-bond donors (Lipinski definition) is 1. The maximum atomic E-state index is 12.9. The average molecular weight is 380 g/mol. The molecule has 2 aromatic rings. The fourth-order valence-corrected chi connectivity index (χ4v) is 5.07. The molecule has 0 atom stereocenters. The molecule has 25 heavy (non-hydrogen) atoms. The Bertz CT molecular complexity index is 1040. The van der Waals surface area contributed by atoms with E-state index in [2.05, 4.69) is 9.62 Å². The van der Waals surface area contributed by atoms with Crippen LogP contribution in [0.15, 0.2) is 46.2 Å². The molecular weight excluding hydrogens is 360 g/mol. The van der Waals surface area contributed by atoms with Gasteiger partial charge in [-0.2, -0.15) is 0 Å². The van der Waals surface area contributed by atoms with E-state index in [9.17, 15) is 16.8 Å². The molecule has 2 aromatic carbocycles. The summed E-state index contributed by atoms with van der Waals surface area (Å²) in [5.41, 5.74) is 3.06. The smallest absolute Gasteiger partial charge is 0.262 e. The highest BCUT2D eigenvalue weighted by Crippen LogP contribution is 2.30. The van der Waals surface area contributed by atoms with Crippen molar-refractivity contribution in [1.82, 2.24) is 4.90 Å². The average Bonchev–Trinajstić information content (AvgIpc) is 2.87. The van der Waals surface area contributed by atoms with Crippen LogP contribution >= 0.6 is 0 Å². The van der Waals surface area contributed by atoms with Crippen LogP contribution in [0.2, 0.25) is 0 Å². The Kier molecular flexibility index (Phi) is 4.38. The van der Waals surface area contributed by atoms with E-state index in [1.165, 1.54) is 18.2 Å². The Morgan fingerprint density at radius 1 is 1.04 bits per heavy atom. The highest BCUT2D eigenvalue weighted by atomic mass is 32.2. The maximum absolute atomic E-state index is 12.9. The van der Waals surface area contributed by atoms with Crippen molar-refractivity contribution in [2.45, 2.75) is 29.8 Å². The van der Waals surface area contributed by atoms with Crippen LogP contribution in [-0.4, -0.2) is 35.0 Å². The Balaban J connectivity index is 2.04. The van der Waals surface area contributed by atoms with Crippen molar-refractivity contribution >= 4 is 25.5 Å². The van der Waals surface area contributed by atoms with Crippen molar-refractivity contribution in [1.29, 1.82) is 0 Å². The molecule has 1 aliphatic heterocycles. The summed E-state index contributed by atoms with van der Waals surface area (Å²) in [6.07, 6.45) is 1.06. The largest absolute Gasteiger partial charge is 0.298 e. The van der Waals surface area contributed by atoms with Gasteiger partial charge in [-0.25, -0.2) is 16.8 Å². The first kappa shape index (κ1) is 17.9. The summed E-state index contributed by atoms with van der Waals surface area (Å²) in [6, 6.07) is 9.66. The van der Waals surface area contributed by atoms with E-state index < -0.39 is 19.9 Å². The number of anilines is 1. The van der Waals surface area contributed by atoms with E-state index >= 15 is 0 Å². The van der Waals surface area contributed by atoms with Crippen molar-refractivity contribution in [3.63, 3.8) is 0 Å². The quantitative estimate of drug-likeness (QED) is 0.879. The van der Waals surface area contributed by atoms with Crippen LogP contribution in [0.25, 0.3) is 0 Å². The van der Waals surface area contributed by atoms with Crippen LogP contribution in [0.3, 0.4) is 0 Å². The Labute approximate surface area is 148 Å². The molecule has 1 heterocycles. The van der Waals surface area contributed by atoms with Crippen LogP contribution in [0, 0.1) is 6.92 Å². The van der Waals surface area contributed by atoms with Crippen molar-refractivity contribution in [3.8, 4) is 0 Å². The molecule has 8 heteroatoms. The van der Waals surface area contributed by atoms with Crippen LogP contribution in [0.5, 0.6) is 0 Å². The first-order valence-electron chi connectivity index (χ1n) is 7.71. The second-order valence-corrected chi connectivity index (χ2v) is 10.1. The molecule has 0 amide bonds. The van der Waals surface area contributed by atoms with Crippen molar-refractivity contribution in [2.75, 3.05) is 18.0 Å². The van der Waals surface area contributed by atoms with Gasteiger partial charge in [-0.3, -0.25) is 9.62 Å². The summed E-state index contributed by atoms with van der Waals surface area (Å²) < 4.78 is 51.9. The van der Waals surface area contributed by atoms with Crippen molar-refractivity contribution in [3.05, 3.63) is 53.1 Å². The lowest BCUT2D eigenvalue weighted by molar-refractivity contribution is 0.353.